The Hall–Kier alpha value is -2.87. The molecule has 30 heavy (non-hydrogen) atoms. The molecule has 0 aliphatic heterocycles. The highest BCUT2D eigenvalue weighted by molar-refractivity contribution is 6.33. The summed E-state index contributed by atoms with van der Waals surface area (Å²) in [6.07, 6.45) is 3.73. The van der Waals surface area contributed by atoms with Gasteiger partial charge in [0.25, 0.3) is 5.56 Å². The van der Waals surface area contributed by atoms with Gasteiger partial charge in [0.2, 0.25) is 0 Å². The van der Waals surface area contributed by atoms with Crippen LogP contribution in [0.1, 0.15) is 42.6 Å². The maximum Gasteiger partial charge on any atom is 0.337 e. The molecule has 2 aromatic rings. The molecule has 0 bridgehead atoms. The van der Waals surface area contributed by atoms with Gasteiger partial charge in [-0.15, -0.1) is 0 Å². The van der Waals surface area contributed by atoms with Crippen molar-refractivity contribution < 1.29 is 19.1 Å². The fraction of sp³-hybridized carbons (Fsp3) is 0.429. The van der Waals surface area contributed by atoms with Crippen LogP contribution in [0, 0.1) is 0 Å². The van der Waals surface area contributed by atoms with Gasteiger partial charge in [0.05, 0.1) is 31.1 Å². The number of rotatable bonds is 11. The predicted molar refractivity (Wildman–Crippen MR) is 115 cm³/mol. The van der Waals surface area contributed by atoms with Gasteiger partial charge >= 0.3 is 5.97 Å². The van der Waals surface area contributed by atoms with E-state index in [9.17, 15) is 14.4 Å². The number of nitrogens with zero attached hydrogens (tertiary/aromatic N) is 2. The Balaban J connectivity index is 1.99. The molecule has 9 heteroatoms. The molecule has 0 aliphatic carbocycles. The van der Waals surface area contributed by atoms with E-state index in [0.717, 1.165) is 18.4 Å². The predicted octanol–water partition coefficient (Wildman–Crippen LogP) is 3.11. The molecule has 0 amide bonds. The number of aromatic nitrogens is 2. The summed E-state index contributed by atoms with van der Waals surface area (Å²) in [5.74, 6) is -0.117. The molecule has 2 rings (SSSR count). The number of ether oxygens (including phenoxy) is 2. The molecule has 0 fully saturated rings. The van der Waals surface area contributed by atoms with E-state index in [1.807, 2.05) is 13.8 Å². The van der Waals surface area contributed by atoms with Crippen molar-refractivity contribution >= 4 is 29.0 Å². The molecule has 1 N–H and O–H groups in total. The summed E-state index contributed by atoms with van der Waals surface area (Å²) in [5, 5.41) is 6.87. The second kappa shape index (κ2) is 11.3. The monoisotopic (exact) mass is 435 g/mol. The largest absolute Gasteiger partial charge is 0.485 e. The van der Waals surface area contributed by atoms with E-state index in [-0.39, 0.29) is 24.0 Å². The van der Waals surface area contributed by atoms with Gasteiger partial charge < -0.3 is 14.8 Å². The summed E-state index contributed by atoms with van der Waals surface area (Å²) in [7, 11) is 1.32. The van der Waals surface area contributed by atoms with Crippen molar-refractivity contribution in [1.82, 2.24) is 9.78 Å². The number of nitrogens with one attached hydrogen (secondary N) is 1. The van der Waals surface area contributed by atoms with Crippen molar-refractivity contribution in [2.45, 2.75) is 39.7 Å². The van der Waals surface area contributed by atoms with Gasteiger partial charge in [-0.2, -0.15) is 5.10 Å². The van der Waals surface area contributed by atoms with Crippen LogP contribution in [0.15, 0.2) is 29.2 Å². The summed E-state index contributed by atoms with van der Waals surface area (Å²) in [4.78, 5) is 36.1. The third kappa shape index (κ3) is 6.06. The van der Waals surface area contributed by atoms with Crippen LogP contribution in [0.2, 0.25) is 5.02 Å². The standard InChI is InChI=1S/C21H26ClN3O5/c1-4-6-14-10-15(21(28)29-3)7-8-18(14)30-13-16(26)11-23-17-12-24-25(9-5-2)20(27)19(17)22/h7-8,10,12,23H,4-6,9,11,13H2,1-3H3. The molecular weight excluding hydrogens is 410 g/mol. The number of esters is 1. The highest BCUT2D eigenvalue weighted by Gasteiger charge is 2.13. The van der Waals surface area contributed by atoms with Gasteiger partial charge in [-0.3, -0.25) is 9.59 Å². The summed E-state index contributed by atoms with van der Waals surface area (Å²) < 4.78 is 11.7. The maximum atomic E-state index is 12.2. The van der Waals surface area contributed by atoms with E-state index in [2.05, 4.69) is 10.4 Å². The van der Waals surface area contributed by atoms with Gasteiger partial charge in [-0.1, -0.05) is 31.9 Å². The van der Waals surface area contributed by atoms with Crippen LogP contribution < -0.4 is 15.6 Å². The molecule has 0 atom stereocenters. The van der Waals surface area contributed by atoms with Crippen LogP contribution >= 0.6 is 11.6 Å². The minimum Gasteiger partial charge on any atom is -0.485 e. The van der Waals surface area contributed by atoms with Gasteiger partial charge in [0.15, 0.2) is 5.78 Å². The maximum absolute atomic E-state index is 12.2. The van der Waals surface area contributed by atoms with Crippen LogP contribution in [0.25, 0.3) is 0 Å². The molecule has 1 aromatic carbocycles. The summed E-state index contributed by atoms with van der Waals surface area (Å²) in [5.41, 5.74) is 1.16. The van der Waals surface area contributed by atoms with Crippen molar-refractivity contribution in [1.29, 1.82) is 0 Å². The Morgan fingerprint density at radius 2 is 2.00 bits per heavy atom. The van der Waals surface area contributed by atoms with E-state index >= 15 is 0 Å². The molecular formula is C21H26ClN3O5. The third-order valence-corrected chi connectivity index (χ3v) is 4.65. The average Bonchev–Trinajstić information content (AvgIpc) is 2.75. The summed E-state index contributed by atoms with van der Waals surface area (Å²) >= 11 is 6.08. The number of halogens is 1. The quantitative estimate of drug-likeness (QED) is 0.541. The Labute approximate surface area is 180 Å². The number of carbonyl (C=O) groups is 2. The van der Waals surface area contributed by atoms with Crippen LogP contribution in [0.4, 0.5) is 5.69 Å². The first kappa shape index (κ1) is 23.4. The number of methoxy groups -OCH3 is 1. The first-order valence-electron chi connectivity index (χ1n) is 9.76. The van der Waals surface area contributed by atoms with Crippen LogP contribution in [0.3, 0.4) is 0 Å². The molecule has 0 radical (unpaired) electrons. The van der Waals surface area contributed by atoms with E-state index in [1.54, 1.807) is 18.2 Å². The van der Waals surface area contributed by atoms with Crippen molar-refractivity contribution in [2.24, 2.45) is 0 Å². The zero-order chi connectivity index (χ0) is 22.1. The van der Waals surface area contributed by atoms with Gasteiger partial charge in [0, 0.05) is 6.54 Å². The number of hydrogen-bond donors (Lipinski definition) is 1. The minimum absolute atomic E-state index is 0.00389. The average molecular weight is 436 g/mol. The normalized spacial score (nSPS) is 10.5. The van der Waals surface area contributed by atoms with Gasteiger partial charge in [-0.25, -0.2) is 9.48 Å². The molecule has 0 aliphatic rings. The smallest absolute Gasteiger partial charge is 0.337 e. The first-order chi connectivity index (χ1) is 14.4. The second-order valence-corrected chi connectivity index (χ2v) is 7.02. The van der Waals surface area contributed by atoms with Crippen LogP contribution in [-0.4, -0.2) is 41.8 Å². The van der Waals surface area contributed by atoms with Crippen molar-refractivity contribution in [3.8, 4) is 5.75 Å². The second-order valence-electron chi connectivity index (χ2n) is 6.65. The van der Waals surface area contributed by atoms with E-state index in [0.29, 0.717) is 30.0 Å². The molecule has 0 saturated heterocycles. The summed E-state index contributed by atoms with van der Waals surface area (Å²) in [6, 6.07) is 4.97. The molecule has 1 heterocycles. The number of benzene rings is 1. The molecule has 1 aromatic heterocycles. The van der Waals surface area contributed by atoms with Crippen LogP contribution in [-0.2, 0) is 22.5 Å². The number of anilines is 1. The minimum atomic E-state index is -0.425. The Bertz CT molecular complexity index is 958. The van der Waals surface area contributed by atoms with Crippen molar-refractivity contribution in [2.75, 3.05) is 25.6 Å². The lowest BCUT2D eigenvalue weighted by Gasteiger charge is -2.13. The molecule has 8 nitrogen and oxygen atoms in total. The fourth-order valence-electron chi connectivity index (χ4n) is 2.79. The third-order valence-electron chi connectivity index (χ3n) is 4.29. The van der Waals surface area contributed by atoms with E-state index in [1.165, 1.54) is 18.0 Å². The topological polar surface area (TPSA) is 99.5 Å². The molecule has 0 unspecified atom stereocenters. The first-order valence-corrected chi connectivity index (χ1v) is 10.1. The number of Topliss-reactive ketones (excluding diaryl/α,β-unsaturated/α-hetero) is 1. The molecule has 0 saturated carbocycles. The van der Waals surface area contributed by atoms with Crippen molar-refractivity contribution in [3.63, 3.8) is 0 Å². The lowest BCUT2D eigenvalue weighted by Crippen LogP contribution is -2.26. The molecule has 162 valence electrons. The van der Waals surface area contributed by atoms with Gasteiger partial charge in [-0.05, 0) is 36.6 Å². The highest BCUT2D eigenvalue weighted by Crippen LogP contribution is 2.22. The van der Waals surface area contributed by atoms with E-state index < -0.39 is 11.5 Å². The molecule has 0 spiro atoms. The van der Waals surface area contributed by atoms with Gasteiger partial charge in [0.1, 0.15) is 17.4 Å². The highest BCUT2D eigenvalue weighted by atomic mass is 35.5. The lowest BCUT2D eigenvalue weighted by atomic mass is 10.1. The summed E-state index contributed by atoms with van der Waals surface area (Å²) in [6.45, 7) is 4.18. The van der Waals surface area contributed by atoms with Crippen LogP contribution in [0.5, 0.6) is 5.75 Å². The Morgan fingerprint density at radius 3 is 2.67 bits per heavy atom. The fourth-order valence-corrected chi connectivity index (χ4v) is 3.01. The zero-order valence-electron chi connectivity index (χ0n) is 17.4. The lowest BCUT2D eigenvalue weighted by molar-refractivity contribution is -0.119. The number of aryl methyl sites for hydroxylation is 2. The van der Waals surface area contributed by atoms with E-state index in [4.69, 9.17) is 21.1 Å². The van der Waals surface area contributed by atoms with Crippen molar-refractivity contribution in [3.05, 3.63) is 50.9 Å². The number of hydrogen-bond acceptors (Lipinski definition) is 7. The number of ketones is 1. The Kier molecular flexibility index (Phi) is 8.86. The zero-order valence-corrected chi connectivity index (χ0v) is 18.1. The Morgan fingerprint density at radius 1 is 1.23 bits per heavy atom. The number of carbonyl (C=O) groups excluding carboxylic acids is 2. The SMILES string of the molecule is CCCc1cc(C(=O)OC)ccc1OCC(=O)CNc1cnn(CCC)c(=O)c1Cl.